The number of rotatable bonds is 3. The van der Waals surface area contributed by atoms with Crippen molar-refractivity contribution in [3.8, 4) is 0 Å². The maximum absolute atomic E-state index is 12.0. The van der Waals surface area contributed by atoms with Crippen LogP contribution in [0.25, 0.3) is 0 Å². The molecule has 1 aromatic rings. The smallest absolute Gasteiger partial charge is 0.251 e. The molecule has 1 fully saturated rings. The summed E-state index contributed by atoms with van der Waals surface area (Å²) in [6, 6.07) is 5.23. The van der Waals surface area contributed by atoms with Crippen molar-refractivity contribution in [1.82, 2.24) is 5.32 Å². The second-order valence-electron chi connectivity index (χ2n) is 4.96. The van der Waals surface area contributed by atoms with E-state index in [1.165, 1.54) is 0 Å². The molecule has 19 heavy (non-hydrogen) atoms. The first kappa shape index (κ1) is 15.1. The Morgan fingerprint density at radius 2 is 2.00 bits per heavy atom. The van der Waals surface area contributed by atoms with Gasteiger partial charge in [-0.2, -0.15) is 0 Å². The third-order valence-electron chi connectivity index (χ3n) is 3.51. The molecule has 0 atom stereocenters. The number of carbonyl (C=O) groups excluding carboxylic acids is 1. The van der Waals surface area contributed by atoms with Crippen molar-refractivity contribution in [3.05, 3.63) is 33.3 Å². The highest BCUT2D eigenvalue weighted by molar-refractivity contribution is 9.10. The van der Waals surface area contributed by atoms with Gasteiger partial charge in [0.1, 0.15) is 0 Å². The van der Waals surface area contributed by atoms with Crippen LogP contribution >= 0.6 is 39.1 Å². The highest BCUT2D eigenvalue weighted by Crippen LogP contribution is 2.27. The SMILES string of the molecule is O=C(NCC1CCC(Cl)CC1)c1ccc(Br)c(Cl)c1. The van der Waals surface area contributed by atoms with Gasteiger partial charge in [0.2, 0.25) is 0 Å². The van der Waals surface area contributed by atoms with Gasteiger partial charge < -0.3 is 5.32 Å². The quantitative estimate of drug-likeness (QED) is 0.778. The molecule has 1 aliphatic rings. The molecule has 104 valence electrons. The van der Waals surface area contributed by atoms with E-state index < -0.39 is 0 Å². The molecule has 0 unspecified atom stereocenters. The fraction of sp³-hybridized carbons (Fsp3) is 0.500. The van der Waals surface area contributed by atoms with E-state index in [9.17, 15) is 4.79 Å². The predicted octanol–water partition coefficient (Wildman–Crippen LogP) is 4.63. The number of benzene rings is 1. The fourth-order valence-corrected chi connectivity index (χ4v) is 2.98. The first-order valence-corrected chi connectivity index (χ1v) is 8.04. The summed E-state index contributed by atoms with van der Waals surface area (Å²) in [7, 11) is 0. The lowest BCUT2D eigenvalue weighted by Crippen LogP contribution is -2.31. The average Bonchev–Trinajstić information content (AvgIpc) is 2.41. The second kappa shape index (κ2) is 6.96. The van der Waals surface area contributed by atoms with Gasteiger partial charge in [0.05, 0.1) is 5.02 Å². The van der Waals surface area contributed by atoms with Crippen LogP contribution in [0.2, 0.25) is 5.02 Å². The van der Waals surface area contributed by atoms with Crippen molar-refractivity contribution in [2.45, 2.75) is 31.1 Å². The fourth-order valence-electron chi connectivity index (χ4n) is 2.30. The summed E-state index contributed by atoms with van der Waals surface area (Å²) in [5.74, 6) is 0.479. The molecular weight excluding hydrogens is 349 g/mol. The van der Waals surface area contributed by atoms with Crippen LogP contribution in [-0.4, -0.2) is 17.8 Å². The average molecular weight is 365 g/mol. The molecule has 2 rings (SSSR count). The van der Waals surface area contributed by atoms with Gasteiger partial charge in [0, 0.05) is 22.0 Å². The molecule has 0 radical (unpaired) electrons. The lowest BCUT2D eigenvalue weighted by Gasteiger charge is -2.25. The summed E-state index contributed by atoms with van der Waals surface area (Å²) >= 11 is 15.4. The van der Waals surface area contributed by atoms with Gasteiger partial charge in [-0.1, -0.05) is 11.6 Å². The molecule has 1 N–H and O–H groups in total. The largest absolute Gasteiger partial charge is 0.352 e. The number of alkyl halides is 1. The summed E-state index contributed by atoms with van der Waals surface area (Å²) in [6.45, 7) is 0.718. The molecule has 1 aliphatic carbocycles. The van der Waals surface area contributed by atoms with Gasteiger partial charge >= 0.3 is 0 Å². The summed E-state index contributed by atoms with van der Waals surface area (Å²) in [4.78, 5) is 12.0. The number of hydrogen-bond acceptors (Lipinski definition) is 1. The van der Waals surface area contributed by atoms with Crippen LogP contribution in [0.5, 0.6) is 0 Å². The van der Waals surface area contributed by atoms with Crippen molar-refractivity contribution in [2.24, 2.45) is 5.92 Å². The van der Waals surface area contributed by atoms with Crippen LogP contribution in [0.1, 0.15) is 36.0 Å². The van der Waals surface area contributed by atoms with Crippen LogP contribution in [0.4, 0.5) is 0 Å². The summed E-state index contributed by atoms with van der Waals surface area (Å²) in [5, 5.41) is 3.84. The molecule has 1 saturated carbocycles. The number of amides is 1. The Morgan fingerprint density at radius 1 is 1.32 bits per heavy atom. The van der Waals surface area contributed by atoms with Crippen molar-refractivity contribution in [2.75, 3.05) is 6.54 Å². The van der Waals surface area contributed by atoms with E-state index in [-0.39, 0.29) is 5.91 Å². The van der Waals surface area contributed by atoms with Crippen molar-refractivity contribution in [3.63, 3.8) is 0 Å². The van der Waals surface area contributed by atoms with Gasteiger partial charge in [0.25, 0.3) is 5.91 Å². The molecule has 0 bridgehead atoms. The van der Waals surface area contributed by atoms with E-state index in [2.05, 4.69) is 21.2 Å². The second-order valence-corrected chi connectivity index (χ2v) is 6.84. The molecule has 0 aromatic heterocycles. The lowest BCUT2D eigenvalue weighted by atomic mass is 9.89. The molecule has 0 heterocycles. The van der Waals surface area contributed by atoms with Crippen LogP contribution in [-0.2, 0) is 0 Å². The Morgan fingerprint density at radius 3 is 2.63 bits per heavy atom. The Bertz CT molecular complexity index is 459. The monoisotopic (exact) mass is 363 g/mol. The number of nitrogens with one attached hydrogen (secondary N) is 1. The normalized spacial score (nSPS) is 23.1. The van der Waals surface area contributed by atoms with E-state index in [0.29, 0.717) is 21.9 Å². The Balaban J connectivity index is 1.85. The highest BCUT2D eigenvalue weighted by Gasteiger charge is 2.20. The molecule has 0 aliphatic heterocycles. The van der Waals surface area contributed by atoms with Gasteiger partial charge in [-0.25, -0.2) is 0 Å². The van der Waals surface area contributed by atoms with Crippen LogP contribution in [0.15, 0.2) is 22.7 Å². The summed E-state index contributed by atoms with van der Waals surface area (Å²) in [5.41, 5.74) is 0.597. The summed E-state index contributed by atoms with van der Waals surface area (Å²) in [6.07, 6.45) is 4.28. The standard InChI is InChI=1S/C14H16BrCl2NO/c15-12-6-3-10(7-13(12)17)14(19)18-8-9-1-4-11(16)5-2-9/h3,6-7,9,11H,1-2,4-5,8H2,(H,18,19). The van der Waals surface area contributed by atoms with E-state index >= 15 is 0 Å². The minimum atomic E-state index is -0.0672. The predicted molar refractivity (Wildman–Crippen MR) is 83.1 cm³/mol. The van der Waals surface area contributed by atoms with E-state index in [0.717, 1.165) is 36.7 Å². The summed E-state index contributed by atoms with van der Waals surface area (Å²) < 4.78 is 0.797. The zero-order valence-corrected chi connectivity index (χ0v) is 13.6. The molecule has 1 aromatic carbocycles. The molecule has 0 saturated heterocycles. The van der Waals surface area contributed by atoms with Gasteiger partial charge in [-0.15, -0.1) is 11.6 Å². The first-order chi connectivity index (χ1) is 9.06. The molecule has 2 nitrogen and oxygen atoms in total. The van der Waals surface area contributed by atoms with E-state index in [4.69, 9.17) is 23.2 Å². The minimum absolute atomic E-state index is 0.0672. The Kier molecular flexibility index (Phi) is 5.55. The van der Waals surface area contributed by atoms with Gasteiger partial charge in [-0.05, 0) is 65.7 Å². The van der Waals surface area contributed by atoms with Gasteiger partial charge in [-0.3, -0.25) is 4.79 Å². The van der Waals surface area contributed by atoms with Crippen LogP contribution in [0, 0.1) is 5.92 Å². The zero-order chi connectivity index (χ0) is 13.8. The number of carbonyl (C=O) groups is 1. The van der Waals surface area contributed by atoms with E-state index in [1.807, 2.05) is 0 Å². The third kappa shape index (κ3) is 4.37. The first-order valence-electron chi connectivity index (χ1n) is 6.43. The Labute approximate surface area is 132 Å². The zero-order valence-electron chi connectivity index (χ0n) is 10.5. The highest BCUT2D eigenvalue weighted by atomic mass is 79.9. The van der Waals surface area contributed by atoms with E-state index in [1.54, 1.807) is 18.2 Å². The van der Waals surface area contributed by atoms with Crippen LogP contribution in [0.3, 0.4) is 0 Å². The molecule has 5 heteroatoms. The molecular formula is C14H16BrCl2NO. The maximum atomic E-state index is 12.0. The topological polar surface area (TPSA) is 29.1 Å². The lowest BCUT2D eigenvalue weighted by molar-refractivity contribution is 0.0943. The minimum Gasteiger partial charge on any atom is -0.352 e. The van der Waals surface area contributed by atoms with Gasteiger partial charge in [0.15, 0.2) is 0 Å². The third-order valence-corrected chi connectivity index (χ3v) is 5.18. The number of halogens is 3. The molecule has 0 spiro atoms. The Hall–Kier alpha value is -0.250. The maximum Gasteiger partial charge on any atom is 0.251 e. The van der Waals surface area contributed by atoms with Crippen molar-refractivity contribution >= 4 is 45.0 Å². The number of hydrogen-bond donors (Lipinski definition) is 1. The van der Waals surface area contributed by atoms with Crippen LogP contribution < -0.4 is 5.32 Å². The van der Waals surface area contributed by atoms with Crippen molar-refractivity contribution < 1.29 is 4.79 Å². The van der Waals surface area contributed by atoms with Crippen molar-refractivity contribution in [1.29, 1.82) is 0 Å². The molecule has 1 amide bonds.